The molecular weight excluding hydrogens is 388 g/mol. The molecule has 0 fully saturated rings. The summed E-state index contributed by atoms with van der Waals surface area (Å²) in [5.41, 5.74) is 1.39. The van der Waals surface area contributed by atoms with Crippen molar-refractivity contribution in [2.24, 2.45) is 0 Å². The standard InChI is InChI=1S/C21H30N4O3S/c1-5-6-13-28-18-9-7-17(8-10-18)20(27)25(12-11-24(3)4)14-19(26)23-21-22-16(2)15-29-21/h7-10,15H,5-6,11-14H2,1-4H3,(H,22,23,26). The second-order valence-electron chi connectivity index (χ2n) is 7.10. The first-order chi connectivity index (χ1) is 13.9. The molecule has 1 N–H and O–H groups in total. The predicted molar refractivity (Wildman–Crippen MR) is 117 cm³/mol. The Labute approximate surface area is 176 Å². The number of likely N-dealkylation sites (N-methyl/N-ethyl adjacent to an activating group) is 1. The van der Waals surface area contributed by atoms with Crippen LogP contribution in [0.5, 0.6) is 5.75 Å². The molecule has 2 amide bonds. The lowest BCUT2D eigenvalue weighted by molar-refractivity contribution is -0.116. The number of carbonyl (C=O) groups excluding carboxylic acids is 2. The minimum absolute atomic E-state index is 0.0277. The third-order valence-corrected chi connectivity index (χ3v) is 5.05. The number of thiazole rings is 1. The summed E-state index contributed by atoms with van der Waals surface area (Å²) >= 11 is 1.37. The molecule has 0 saturated heterocycles. The maximum Gasteiger partial charge on any atom is 0.254 e. The van der Waals surface area contributed by atoms with Crippen LogP contribution in [0.4, 0.5) is 5.13 Å². The predicted octanol–water partition coefficient (Wildman–Crippen LogP) is 3.27. The lowest BCUT2D eigenvalue weighted by Gasteiger charge is -2.24. The van der Waals surface area contributed by atoms with Crippen molar-refractivity contribution in [1.82, 2.24) is 14.8 Å². The van der Waals surface area contributed by atoms with Crippen LogP contribution in [0.1, 0.15) is 35.8 Å². The molecule has 1 aromatic heterocycles. The minimum atomic E-state index is -0.258. The van der Waals surface area contributed by atoms with E-state index in [2.05, 4.69) is 17.2 Å². The zero-order valence-electron chi connectivity index (χ0n) is 17.6. The average Bonchev–Trinajstić information content (AvgIpc) is 3.09. The number of carbonyl (C=O) groups is 2. The molecule has 0 atom stereocenters. The highest BCUT2D eigenvalue weighted by Gasteiger charge is 2.20. The van der Waals surface area contributed by atoms with E-state index in [0.717, 1.165) is 24.3 Å². The van der Waals surface area contributed by atoms with E-state index in [4.69, 9.17) is 4.74 Å². The number of benzene rings is 1. The van der Waals surface area contributed by atoms with Gasteiger partial charge < -0.3 is 19.9 Å². The van der Waals surface area contributed by atoms with Crippen LogP contribution in [0.2, 0.25) is 0 Å². The molecule has 0 spiro atoms. The Bertz CT molecular complexity index is 789. The van der Waals surface area contributed by atoms with Crippen molar-refractivity contribution in [1.29, 1.82) is 0 Å². The molecule has 1 heterocycles. The first-order valence-electron chi connectivity index (χ1n) is 9.78. The van der Waals surface area contributed by atoms with Gasteiger partial charge in [-0.15, -0.1) is 11.3 Å². The van der Waals surface area contributed by atoms with Gasteiger partial charge in [-0.25, -0.2) is 4.98 Å². The van der Waals surface area contributed by atoms with E-state index in [1.54, 1.807) is 29.2 Å². The SMILES string of the molecule is CCCCOc1ccc(C(=O)N(CCN(C)C)CC(=O)Nc2nc(C)cs2)cc1. The van der Waals surface area contributed by atoms with E-state index < -0.39 is 0 Å². The number of amides is 2. The molecule has 1 aromatic carbocycles. The minimum Gasteiger partial charge on any atom is -0.494 e. The van der Waals surface area contributed by atoms with E-state index in [9.17, 15) is 9.59 Å². The summed E-state index contributed by atoms with van der Waals surface area (Å²) in [6.07, 6.45) is 2.06. The van der Waals surface area contributed by atoms with Crippen LogP contribution in [-0.4, -0.2) is 66.9 Å². The number of hydrogen-bond donors (Lipinski definition) is 1. The van der Waals surface area contributed by atoms with E-state index in [1.165, 1.54) is 11.3 Å². The Morgan fingerprint density at radius 1 is 1.17 bits per heavy atom. The Balaban J connectivity index is 2.03. The summed E-state index contributed by atoms with van der Waals surface area (Å²) in [6.45, 7) is 5.72. The van der Waals surface area contributed by atoms with Gasteiger partial charge in [-0.1, -0.05) is 13.3 Å². The summed E-state index contributed by atoms with van der Waals surface area (Å²) in [5.74, 6) is 0.301. The molecule has 0 bridgehead atoms. The van der Waals surface area contributed by atoms with Gasteiger partial charge in [-0.3, -0.25) is 9.59 Å². The summed E-state index contributed by atoms with van der Waals surface area (Å²) < 4.78 is 5.65. The number of nitrogens with one attached hydrogen (secondary N) is 1. The van der Waals surface area contributed by atoms with Crippen LogP contribution in [0.25, 0.3) is 0 Å². The van der Waals surface area contributed by atoms with E-state index in [-0.39, 0.29) is 18.4 Å². The summed E-state index contributed by atoms with van der Waals surface area (Å²) in [4.78, 5) is 33.2. The average molecular weight is 419 g/mol. The van der Waals surface area contributed by atoms with E-state index in [1.807, 2.05) is 31.3 Å². The van der Waals surface area contributed by atoms with Crippen LogP contribution in [0.3, 0.4) is 0 Å². The van der Waals surface area contributed by atoms with Crippen LogP contribution in [0, 0.1) is 6.92 Å². The quantitative estimate of drug-likeness (QED) is 0.567. The number of rotatable bonds is 11. The van der Waals surface area contributed by atoms with E-state index in [0.29, 0.717) is 30.4 Å². The van der Waals surface area contributed by atoms with Gasteiger partial charge in [0.15, 0.2) is 5.13 Å². The molecule has 0 aliphatic carbocycles. The third-order valence-electron chi connectivity index (χ3n) is 4.17. The molecular formula is C21H30N4O3S. The highest BCUT2D eigenvalue weighted by molar-refractivity contribution is 7.13. The number of unbranched alkanes of at least 4 members (excludes halogenated alkanes) is 1. The third kappa shape index (κ3) is 7.83. The van der Waals surface area contributed by atoms with Gasteiger partial charge in [0.25, 0.3) is 5.91 Å². The molecule has 7 nitrogen and oxygen atoms in total. The number of aromatic nitrogens is 1. The van der Waals surface area contributed by atoms with E-state index >= 15 is 0 Å². The van der Waals surface area contributed by atoms with Crippen molar-refractivity contribution in [3.05, 3.63) is 40.9 Å². The van der Waals surface area contributed by atoms with Gasteiger partial charge in [0, 0.05) is 24.0 Å². The molecule has 0 aliphatic heterocycles. The topological polar surface area (TPSA) is 74.8 Å². The Kier molecular flexibility index (Phi) is 9.08. The lowest BCUT2D eigenvalue weighted by Crippen LogP contribution is -2.41. The van der Waals surface area contributed by atoms with Gasteiger partial charge >= 0.3 is 0 Å². The number of anilines is 1. The van der Waals surface area contributed by atoms with Gasteiger partial charge in [-0.05, 0) is 51.7 Å². The van der Waals surface area contributed by atoms with Gasteiger partial charge in [0.2, 0.25) is 5.91 Å². The summed E-state index contributed by atoms with van der Waals surface area (Å²) in [5, 5.41) is 5.18. The maximum absolute atomic E-state index is 13.0. The molecule has 29 heavy (non-hydrogen) atoms. The fraction of sp³-hybridized carbons (Fsp3) is 0.476. The van der Waals surface area contributed by atoms with Crippen molar-refractivity contribution in [3.63, 3.8) is 0 Å². The maximum atomic E-state index is 13.0. The van der Waals surface area contributed by atoms with Gasteiger partial charge in [-0.2, -0.15) is 0 Å². The molecule has 2 rings (SSSR count). The highest BCUT2D eigenvalue weighted by atomic mass is 32.1. The highest BCUT2D eigenvalue weighted by Crippen LogP contribution is 2.16. The molecule has 2 aromatic rings. The second-order valence-corrected chi connectivity index (χ2v) is 7.96. The van der Waals surface area contributed by atoms with Crippen molar-refractivity contribution >= 4 is 28.3 Å². The van der Waals surface area contributed by atoms with Crippen LogP contribution < -0.4 is 10.1 Å². The number of nitrogens with zero attached hydrogens (tertiary/aromatic N) is 3. The fourth-order valence-electron chi connectivity index (χ4n) is 2.53. The zero-order valence-corrected chi connectivity index (χ0v) is 18.4. The van der Waals surface area contributed by atoms with Crippen molar-refractivity contribution in [2.75, 3.05) is 45.7 Å². The molecule has 158 valence electrons. The normalized spacial score (nSPS) is 10.8. The summed E-state index contributed by atoms with van der Waals surface area (Å²) in [6, 6.07) is 7.08. The monoisotopic (exact) mass is 418 g/mol. The number of aryl methyl sites for hydroxylation is 1. The molecule has 0 saturated carbocycles. The van der Waals surface area contributed by atoms with Crippen molar-refractivity contribution in [2.45, 2.75) is 26.7 Å². The first kappa shape index (κ1) is 22.8. The summed E-state index contributed by atoms with van der Waals surface area (Å²) in [7, 11) is 3.87. The largest absolute Gasteiger partial charge is 0.494 e. The van der Waals surface area contributed by atoms with Gasteiger partial charge in [0.05, 0.1) is 12.3 Å². The Morgan fingerprint density at radius 2 is 1.90 bits per heavy atom. The molecule has 0 radical (unpaired) electrons. The Morgan fingerprint density at radius 3 is 2.48 bits per heavy atom. The number of hydrogen-bond acceptors (Lipinski definition) is 6. The van der Waals surface area contributed by atoms with Crippen molar-refractivity contribution < 1.29 is 14.3 Å². The van der Waals surface area contributed by atoms with Crippen LogP contribution >= 0.6 is 11.3 Å². The number of ether oxygens (including phenoxy) is 1. The second kappa shape index (κ2) is 11.5. The molecule has 0 unspecified atom stereocenters. The van der Waals surface area contributed by atoms with Crippen LogP contribution in [-0.2, 0) is 4.79 Å². The Hall–Kier alpha value is -2.45. The first-order valence-corrected chi connectivity index (χ1v) is 10.7. The molecule has 8 heteroatoms. The van der Waals surface area contributed by atoms with Crippen LogP contribution in [0.15, 0.2) is 29.6 Å². The molecule has 0 aliphatic rings. The van der Waals surface area contributed by atoms with Crippen molar-refractivity contribution in [3.8, 4) is 5.75 Å². The fourth-order valence-corrected chi connectivity index (χ4v) is 3.23. The lowest BCUT2D eigenvalue weighted by atomic mass is 10.2. The zero-order chi connectivity index (χ0) is 21.2. The smallest absolute Gasteiger partial charge is 0.254 e. The van der Waals surface area contributed by atoms with Gasteiger partial charge in [0.1, 0.15) is 12.3 Å².